The van der Waals surface area contributed by atoms with Crippen molar-refractivity contribution in [2.75, 3.05) is 6.54 Å². The predicted octanol–water partition coefficient (Wildman–Crippen LogP) is 2.85. The van der Waals surface area contributed by atoms with Crippen molar-refractivity contribution in [1.82, 2.24) is 5.32 Å². The molecule has 0 aromatic rings. The molecule has 0 heterocycles. The van der Waals surface area contributed by atoms with Crippen molar-refractivity contribution in [3.05, 3.63) is 0 Å². The highest BCUT2D eigenvalue weighted by atomic mass is 32.1. The zero-order valence-corrected chi connectivity index (χ0v) is 12.8. The van der Waals surface area contributed by atoms with Crippen LogP contribution in [0.3, 0.4) is 0 Å². The predicted molar refractivity (Wildman–Crippen MR) is 83.4 cm³/mol. The van der Waals surface area contributed by atoms with Crippen molar-refractivity contribution in [2.24, 2.45) is 5.73 Å². The Bertz CT molecular complexity index is 260. The topological polar surface area (TPSA) is 75.3 Å². The number of hydrogen-bond acceptors (Lipinski definition) is 3. The first kappa shape index (κ1) is 18.3. The summed E-state index contributed by atoms with van der Waals surface area (Å²) in [5.41, 5.74) is 5.40. The van der Waals surface area contributed by atoms with Crippen LogP contribution in [0.2, 0.25) is 0 Å². The van der Waals surface area contributed by atoms with Gasteiger partial charge >= 0.3 is 5.97 Å². The molecule has 0 aliphatic rings. The van der Waals surface area contributed by atoms with E-state index in [0.29, 0.717) is 18.0 Å². The van der Waals surface area contributed by atoms with Gasteiger partial charge in [0.05, 0.1) is 4.99 Å². The van der Waals surface area contributed by atoms with Gasteiger partial charge in [-0.15, -0.1) is 0 Å². The third kappa shape index (κ3) is 10.9. The number of carboxylic acid groups (broad SMARTS) is 1. The molecule has 0 amide bonds. The van der Waals surface area contributed by atoms with Gasteiger partial charge in [-0.2, -0.15) is 0 Å². The Morgan fingerprint density at radius 1 is 1.21 bits per heavy atom. The van der Waals surface area contributed by atoms with Gasteiger partial charge in [0.1, 0.15) is 6.04 Å². The monoisotopic (exact) mass is 288 g/mol. The van der Waals surface area contributed by atoms with Crippen LogP contribution in [0.15, 0.2) is 0 Å². The maximum atomic E-state index is 11.1. The summed E-state index contributed by atoms with van der Waals surface area (Å²) >= 11 is 5.21. The number of carboxylic acids is 1. The van der Waals surface area contributed by atoms with Crippen LogP contribution in [0.4, 0.5) is 0 Å². The zero-order valence-electron chi connectivity index (χ0n) is 12.0. The minimum Gasteiger partial charge on any atom is -0.480 e. The fraction of sp³-hybridized carbons (Fsp3) is 0.857. The first-order valence-corrected chi connectivity index (χ1v) is 7.74. The molecule has 5 heteroatoms. The Morgan fingerprint density at radius 2 is 1.89 bits per heavy atom. The molecular formula is C14H28N2O2S. The molecule has 0 aromatic carbocycles. The molecule has 0 bridgehead atoms. The summed E-state index contributed by atoms with van der Waals surface area (Å²) in [5, 5.41) is 12.1. The summed E-state index contributed by atoms with van der Waals surface area (Å²) in [5.74, 6) is -0.828. The molecule has 4 nitrogen and oxygen atoms in total. The highest BCUT2D eigenvalue weighted by Gasteiger charge is 2.17. The number of nitrogens with one attached hydrogen (secondary N) is 1. The highest BCUT2D eigenvalue weighted by Crippen LogP contribution is 2.07. The summed E-state index contributed by atoms with van der Waals surface area (Å²) in [7, 11) is 0. The van der Waals surface area contributed by atoms with Crippen LogP contribution in [0.25, 0.3) is 0 Å². The Hall–Kier alpha value is -0.680. The molecule has 19 heavy (non-hydrogen) atoms. The summed E-state index contributed by atoms with van der Waals surface area (Å²) in [4.78, 5) is 11.8. The maximum absolute atomic E-state index is 11.1. The van der Waals surface area contributed by atoms with E-state index in [2.05, 4.69) is 12.2 Å². The summed E-state index contributed by atoms with van der Waals surface area (Å²) in [6, 6.07) is -0.560. The van der Waals surface area contributed by atoms with Gasteiger partial charge in [0.15, 0.2) is 0 Å². The molecule has 0 radical (unpaired) electrons. The Kier molecular flexibility index (Phi) is 11.9. The lowest BCUT2D eigenvalue weighted by molar-refractivity contribution is -0.139. The zero-order chi connectivity index (χ0) is 14.5. The first-order valence-electron chi connectivity index (χ1n) is 7.34. The van der Waals surface area contributed by atoms with Gasteiger partial charge in [-0.25, -0.2) is 4.79 Å². The fourth-order valence-corrected chi connectivity index (χ4v) is 2.19. The van der Waals surface area contributed by atoms with Gasteiger partial charge in [-0.05, 0) is 38.6 Å². The molecule has 1 atom stereocenters. The standard InChI is InChI=1S/C14H28N2O2S/c1-2-3-4-5-6-10-13(19)16-12(14(17)18)9-7-8-11-15/h12H,2-11,15H2,1H3,(H,16,19)(H,17,18)/t12-/m0/s1. The molecule has 0 fully saturated rings. The van der Waals surface area contributed by atoms with Gasteiger partial charge in [-0.3, -0.25) is 0 Å². The molecule has 0 unspecified atom stereocenters. The minimum absolute atomic E-state index is 0.560. The molecule has 0 aromatic heterocycles. The SMILES string of the molecule is CCCCCCCC(=S)N[C@@H](CCCCN)C(=O)O. The van der Waals surface area contributed by atoms with E-state index < -0.39 is 12.0 Å². The fourth-order valence-electron chi connectivity index (χ4n) is 1.91. The van der Waals surface area contributed by atoms with E-state index in [1.54, 1.807) is 0 Å². The number of carbonyl (C=O) groups is 1. The lowest BCUT2D eigenvalue weighted by Gasteiger charge is -2.16. The van der Waals surface area contributed by atoms with Crippen molar-refractivity contribution in [1.29, 1.82) is 0 Å². The van der Waals surface area contributed by atoms with Gasteiger partial charge in [-0.1, -0.05) is 44.8 Å². The second kappa shape index (κ2) is 12.4. The summed E-state index contributed by atoms with van der Waals surface area (Å²) in [6.45, 7) is 2.79. The molecule has 0 aliphatic heterocycles. The smallest absolute Gasteiger partial charge is 0.326 e. The Labute approximate surface area is 122 Å². The van der Waals surface area contributed by atoms with Crippen LogP contribution >= 0.6 is 12.2 Å². The van der Waals surface area contributed by atoms with Gasteiger partial charge in [0, 0.05) is 0 Å². The number of hydrogen-bond donors (Lipinski definition) is 3. The van der Waals surface area contributed by atoms with E-state index in [1.807, 2.05) is 0 Å². The molecule has 0 spiro atoms. The number of thiocarbonyl (C=S) groups is 1. The second-order valence-corrected chi connectivity index (χ2v) is 5.40. The average Bonchev–Trinajstić information content (AvgIpc) is 2.37. The first-order chi connectivity index (χ1) is 9.11. The number of rotatable bonds is 12. The molecule has 0 saturated heterocycles. The van der Waals surface area contributed by atoms with Crippen LogP contribution in [-0.4, -0.2) is 28.7 Å². The molecule has 0 saturated carbocycles. The lowest BCUT2D eigenvalue weighted by Crippen LogP contribution is -2.39. The van der Waals surface area contributed by atoms with Crippen LogP contribution in [0.5, 0.6) is 0 Å². The van der Waals surface area contributed by atoms with E-state index >= 15 is 0 Å². The lowest BCUT2D eigenvalue weighted by atomic mass is 10.1. The van der Waals surface area contributed by atoms with Gasteiger partial charge in [0.2, 0.25) is 0 Å². The second-order valence-electron chi connectivity index (χ2n) is 4.91. The van der Waals surface area contributed by atoms with Gasteiger partial charge < -0.3 is 16.2 Å². The molecular weight excluding hydrogens is 260 g/mol. The quantitative estimate of drug-likeness (QED) is 0.380. The molecule has 112 valence electrons. The van der Waals surface area contributed by atoms with Gasteiger partial charge in [0.25, 0.3) is 0 Å². The summed E-state index contributed by atoms with van der Waals surface area (Å²) < 4.78 is 0. The van der Waals surface area contributed by atoms with E-state index in [-0.39, 0.29) is 0 Å². The minimum atomic E-state index is -0.828. The third-order valence-corrected chi connectivity index (χ3v) is 3.41. The third-order valence-electron chi connectivity index (χ3n) is 3.09. The van der Waals surface area contributed by atoms with E-state index in [0.717, 1.165) is 25.7 Å². The normalized spacial score (nSPS) is 12.1. The largest absolute Gasteiger partial charge is 0.480 e. The van der Waals surface area contributed by atoms with Crippen LogP contribution in [0.1, 0.15) is 64.7 Å². The van der Waals surface area contributed by atoms with Crippen LogP contribution < -0.4 is 11.1 Å². The number of unbranched alkanes of at least 4 members (excludes halogenated alkanes) is 5. The molecule has 0 rings (SSSR count). The van der Waals surface area contributed by atoms with Crippen LogP contribution in [-0.2, 0) is 4.79 Å². The van der Waals surface area contributed by atoms with Crippen molar-refractivity contribution >= 4 is 23.2 Å². The van der Waals surface area contributed by atoms with E-state index in [1.165, 1.54) is 25.7 Å². The summed E-state index contributed by atoms with van der Waals surface area (Å²) in [6.07, 6.45) is 8.98. The van der Waals surface area contributed by atoms with E-state index in [4.69, 9.17) is 23.1 Å². The Morgan fingerprint density at radius 3 is 2.47 bits per heavy atom. The number of aliphatic carboxylic acids is 1. The van der Waals surface area contributed by atoms with Crippen molar-refractivity contribution < 1.29 is 9.90 Å². The average molecular weight is 288 g/mol. The van der Waals surface area contributed by atoms with Crippen molar-refractivity contribution in [3.8, 4) is 0 Å². The highest BCUT2D eigenvalue weighted by molar-refractivity contribution is 7.80. The molecule has 0 aliphatic carbocycles. The Balaban J connectivity index is 3.80. The molecule has 4 N–H and O–H groups in total. The number of nitrogens with two attached hydrogens (primary N) is 1. The van der Waals surface area contributed by atoms with Crippen molar-refractivity contribution in [2.45, 2.75) is 70.8 Å². The van der Waals surface area contributed by atoms with E-state index in [9.17, 15) is 4.79 Å². The maximum Gasteiger partial charge on any atom is 0.326 e. The van der Waals surface area contributed by atoms with Crippen LogP contribution in [0, 0.1) is 0 Å². The van der Waals surface area contributed by atoms with Crippen molar-refractivity contribution in [3.63, 3.8) is 0 Å².